The minimum absolute atomic E-state index is 0.729. The molecule has 0 amide bonds. The lowest BCUT2D eigenvalue weighted by Crippen LogP contribution is -2.36. The van der Waals surface area contributed by atoms with Crippen LogP contribution in [-0.4, -0.2) is 36.2 Å². The van der Waals surface area contributed by atoms with E-state index in [-0.39, 0.29) is 0 Å². The maximum absolute atomic E-state index is 6.40. The van der Waals surface area contributed by atoms with Gasteiger partial charge in [-0.15, -0.1) is 0 Å². The van der Waals surface area contributed by atoms with Gasteiger partial charge in [-0.25, -0.2) is 0 Å². The van der Waals surface area contributed by atoms with Crippen LogP contribution in [0.25, 0.3) is 10.9 Å². The number of hydrogen-bond donors (Lipinski definition) is 1. The molecule has 7 rings (SSSR count). The molecule has 4 heterocycles. The van der Waals surface area contributed by atoms with Crippen molar-refractivity contribution in [3.8, 4) is 11.5 Å². The Hall–Kier alpha value is -3.48. The summed E-state index contributed by atoms with van der Waals surface area (Å²) in [6.45, 7) is 5.01. The summed E-state index contributed by atoms with van der Waals surface area (Å²) < 4.78 is 5.60. The summed E-state index contributed by atoms with van der Waals surface area (Å²) in [5, 5.41) is 2.86. The van der Waals surface area contributed by atoms with E-state index in [0.717, 1.165) is 75.2 Å². The Bertz CT molecular complexity index is 1390. The first-order chi connectivity index (χ1) is 18.3. The zero-order chi connectivity index (χ0) is 24.6. The number of aromatic nitrogens is 1. The van der Waals surface area contributed by atoms with Crippen molar-refractivity contribution in [2.24, 2.45) is 5.92 Å². The summed E-state index contributed by atoms with van der Waals surface area (Å²) in [5.41, 5.74) is 7.53. The average Bonchev–Trinajstić information content (AvgIpc) is 3.57. The van der Waals surface area contributed by atoms with Gasteiger partial charge in [0.05, 0.1) is 0 Å². The monoisotopic (exact) mass is 495 g/mol. The third-order valence-corrected chi connectivity index (χ3v) is 8.13. The normalized spacial score (nSPS) is 17.9. The van der Waals surface area contributed by atoms with Crippen LogP contribution in [0, 0.1) is 5.92 Å². The molecular formula is C31H33N3O3. The molecular weight excluding hydrogens is 462 g/mol. The van der Waals surface area contributed by atoms with Gasteiger partial charge < -0.3 is 19.4 Å². The van der Waals surface area contributed by atoms with Crippen molar-refractivity contribution in [2.45, 2.75) is 38.6 Å². The first kappa shape index (κ1) is 22.7. The minimum atomic E-state index is 0.729. The number of nitrogens with one attached hydrogen (secondary N) is 1. The van der Waals surface area contributed by atoms with Gasteiger partial charge in [0, 0.05) is 55.5 Å². The van der Waals surface area contributed by atoms with Crippen molar-refractivity contribution in [2.75, 3.05) is 31.5 Å². The van der Waals surface area contributed by atoms with Gasteiger partial charge in [-0.05, 0) is 84.2 Å². The summed E-state index contributed by atoms with van der Waals surface area (Å²) >= 11 is 0. The van der Waals surface area contributed by atoms with E-state index in [1.807, 2.05) is 30.3 Å². The standard InChI is InChI=1S/C31H33N3O3/c1-2-6-25(7-3-1)34-36-30-18-23-12-15-33(20-22-13-16-35-17-14-22)21-28(23)27(31(30)37-34)11-10-24-19-32-29-9-5-4-8-26(24)29/h1-9,18-19,22,32H,10-17,20-21H2. The van der Waals surface area contributed by atoms with E-state index in [1.165, 1.54) is 46.0 Å². The van der Waals surface area contributed by atoms with Gasteiger partial charge >= 0.3 is 0 Å². The van der Waals surface area contributed by atoms with Crippen LogP contribution in [0.4, 0.5) is 5.69 Å². The third kappa shape index (κ3) is 4.45. The van der Waals surface area contributed by atoms with Gasteiger partial charge in [-0.2, -0.15) is 0 Å². The lowest BCUT2D eigenvalue weighted by atomic mass is 9.89. The van der Waals surface area contributed by atoms with E-state index < -0.39 is 0 Å². The number of anilines is 1. The number of fused-ring (bicyclic) bond motifs is 3. The topological polar surface area (TPSA) is 50.0 Å². The molecule has 1 N–H and O–H groups in total. The molecule has 3 aromatic carbocycles. The van der Waals surface area contributed by atoms with Gasteiger partial charge in [0.15, 0.2) is 0 Å². The number of nitrogens with zero attached hydrogens (tertiary/aromatic N) is 2. The number of rotatable bonds is 6. The molecule has 6 nitrogen and oxygen atoms in total. The molecule has 0 radical (unpaired) electrons. The largest absolute Gasteiger partial charge is 0.381 e. The molecule has 0 unspecified atom stereocenters. The van der Waals surface area contributed by atoms with Gasteiger partial charge in [-0.3, -0.25) is 4.90 Å². The van der Waals surface area contributed by atoms with E-state index >= 15 is 0 Å². The molecule has 1 saturated heterocycles. The number of hydrogen-bond acceptors (Lipinski definition) is 5. The van der Waals surface area contributed by atoms with Crippen molar-refractivity contribution < 1.29 is 14.4 Å². The predicted octanol–water partition coefficient (Wildman–Crippen LogP) is 5.85. The molecule has 6 heteroatoms. The van der Waals surface area contributed by atoms with Crippen molar-refractivity contribution in [1.29, 1.82) is 0 Å². The molecule has 190 valence electrons. The Labute approximate surface area is 217 Å². The number of ether oxygens (including phenoxy) is 1. The molecule has 3 aliphatic heterocycles. The molecule has 3 aliphatic rings. The smallest absolute Gasteiger partial charge is 0.208 e. The van der Waals surface area contributed by atoms with Crippen LogP contribution in [0.5, 0.6) is 11.5 Å². The zero-order valence-electron chi connectivity index (χ0n) is 21.1. The van der Waals surface area contributed by atoms with Crippen LogP contribution >= 0.6 is 0 Å². The second-order valence-electron chi connectivity index (χ2n) is 10.5. The van der Waals surface area contributed by atoms with E-state index in [4.69, 9.17) is 14.4 Å². The van der Waals surface area contributed by atoms with Crippen molar-refractivity contribution in [3.05, 3.63) is 89.1 Å². The SMILES string of the molecule is c1ccc(N2Oc3cc4c(c(CCc5c[nH]c6ccccc56)c3O2)CN(CC2CCOCC2)CC4)cc1. The lowest BCUT2D eigenvalue weighted by Gasteiger charge is -2.34. The Morgan fingerprint density at radius 2 is 1.76 bits per heavy atom. The van der Waals surface area contributed by atoms with Crippen LogP contribution in [0.2, 0.25) is 0 Å². The molecule has 0 bridgehead atoms. The maximum atomic E-state index is 6.40. The second-order valence-corrected chi connectivity index (χ2v) is 10.5. The van der Waals surface area contributed by atoms with Crippen LogP contribution in [-0.2, 0) is 30.5 Å². The highest BCUT2D eigenvalue weighted by Gasteiger charge is 2.33. The van der Waals surface area contributed by atoms with Crippen LogP contribution in [0.1, 0.15) is 35.1 Å². The van der Waals surface area contributed by atoms with E-state index in [1.54, 1.807) is 5.23 Å². The third-order valence-electron chi connectivity index (χ3n) is 8.13. The maximum Gasteiger partial charge on any atom is 0.208 e. The zero-order valence-corrected chi connectivity index (χ0v) is 21.1. The summed E-state index contributed by atoms with van der Waals surface area (Å²) in [6, 6.07) is 20.8. The molecule has 0 saturated carbocycles. The number of para-hydroxylation sites is 2. The highest BCUT2D eigenvalue weighted by molar-refractivity contribution is 5.83. The van der Waals surface area contributed by atoms with E-state index in [0.29, 0.717) is 0 Å². The van der Waals surface area contributed by atoms with Gasteiger partial charge in [0.2, 0.25) is 11.5 Å². The predicted molar refractivity (Wildman–Crippen MR) is 145 cm³/mol. The van der Waals surface area contributed by atoms with Gasteiger partial charge in [0.25, 0.3) is 0 Å². The molecule has 4 aromatic rings. The summed E-state index contributed by atoms with van der Waals surface area (Å²) in [5.74, 6) is 2.43. The molecule has 0 aliphatic carbocycles. The minimum Gasteiger partial charge on any atom is -0.381 e. The van der Waals surface area contributed by atoms with Gasteiger partial charge in [0.1, 0.15) is 5.69 Å². The van der Waals surface area contributed by atoms with E-state index in [9.17, 15) is 0 Å². The molecule has 1 fully saturated rings. The van der Waals surface area contributed by atoms with Crippen LogP contribution in [0.15, 0.2) is 66.9 Å². The highest BCUT2D eigenvalue weighted by Crippen LogP contribution is 2.44. The fraction of sp³-hybridized carbons (Fsp3) is 0.355. The molecule has 1 aromatic heterocycles. The fourth-order valence-corrected chi connectivity index (χ4v) is 6.12. The second kappa shape index (κ2) is 9.77. The van der Waals surface area contributed by atoms with Crippen molar-refractivity contribution >= 4 is 16.6 Å². The van der Waals surface area contributed by atoms with E-state index in [2.05, 4.69) is 46.4 Å². The van der Waals surface area contributed by atoms with Crippen molar-refractivity contribution in [3.63, 3.8) is 0 Å². The van der Waals surface area contributed by atoms with Crippen molar-refractivity contribution in [1.82, 2.24) is 9.88 Å². The summed E-state index contributed by atoms with van der Waals surface area (Å²) in [6.07, 6.45) is 7.39. The summed E-state index contributed by atoms with van der Waals surface area (Å²) in [7, 11) is 0. The first-order valence-corrected chi connectivity index (χ1v) is 13.6. The molecule has 37 heavy (non-hydrogen) atoms. The quantitative estimate of drug-likeness (QED) is 0.364. The van der Waals surface area contributed by atoms with Crippen LogP contribution < -0.4 is 14.9 Å². The highest BCUT2D eigenvalue weighted by atomic mass is 17.0. The van der Waals surface area contributed by atoms with Crippen LogP contribution in [0.3, 0.4) is 0 Å². The van der Waals surface area contributed by atoms with Gasteiger partial charge in [-0.1, -0.05) is 36.4 Å². The average molecular weight is 496 g/mol. The number of aromatic amines is 1. The Morgan fingerprint density at radius 1 is 0.919 bits per heavy atom. The molecule has 0 spiro atoms. The lowest BCUT2D eigenvalue weighted by molar-refractivity contribution is 0.0505. The first-order valence-electron chi connectivity index (χ1n) is 13.6. The summed E-state index contributed by atoms with van der Waals surface area (Å²) in [4.78, 5) is 18.7. The Kier molecular flexibility index (Phi) is 5.99. The molecule has 0 atom stereocenters. The number of benzene rings is 3. The fourth-order valence-electron chi connectivity index (χ4n) is 6.12. The number of H-pyrrole nitrogens is 1. The Balaban J connectivity index is 1.20. The number of aryl methyl sites for hydroxylation is 1. The Morgan fingerprint density at radius 3 is 2.65 bits per heavy atom.